The van der Waals surface area contributed by atoms with E-state index in [-0.39, 0.29) is 0 Å². The molecular weight excluding hydrogens is 284 g/mol. The molecule has 2 atom stereocenters. The molecular formula is C16H21ClN4. The zero-order valence-electron chi connectivity index (χ0n) is 12.3. The predicted molar refractivity (Wildman–Crippen MR) is 86.0 cm³/mol. The second-order valence-electron chi connectivity index (χ2n) is 5.78. The quantitative estimate of drug-likeness (QED) is 0.915. The minimum absolute atomic E-state index is 0.518. The number of hydrogen-bond donors (Lipinski definition) is 1. The van der Waals surface area contributed by atoms with Gasteiger partial charge in [0, 0.05) is 11.1 Å². The van der Waals surface area contributed by atoms with Crippen LogP contribution in [0.5, 0.6) is 0 Å². The first-order chi connectivity index (χ1) is 10.3. The lowest BCUT2D eigenvalue weighted by atomic mass is 9.84. The molecule has 1 aliphatic rings. The average Bonchev–Trinajstić information content (AvgIpc) is 3.02. The molecule has 1 fully saturated rings. The Kier molecular flexibility index (Phi) is 4.44. The maximum atomic E-state index is 6.17. The number of rotatable bonds is 4. The zero-order valence-corrected chi connectivity index (χ0v) is 13.1. The highest BCUT2D eigenvalue weighted by molar-refractivity contribution is 6.31. The first kappa shape index (κ1) is 14.4. The van der Waals surface area contributed by atoms with Crippen LogP contribution in [-0.2, 0) is 0 Å². The van der Waals surface area contributed by atoms with Gasteiger partial charge in [0.05, 0.1) is 11.4 Å². The summed E-state index contributed by atoms with van der Waals surface area (Å²) >= 11 is 6.17. The Labute approximate surface area is 130 Å². The van der Waals surface area contributed by atoms with Crippen LogP contribution in [-0.4, -0.2) is 20.8 Å². The van der Waals surface area contributed by atoms with E-state index in [0.717, 1.165) is 22.3 Å². The fourth-order valence-corrected chi connectivity index (χ4v) is 3.34. The van der Waals surface area contributed by atoms with Crippen LogP contribution in [0.1, 0.15) is 39.0 Å². The van der Waals surface area contributed by atoms with Crippen molar-refractivity contribution in [2.24, 2.45) is 5.92 Å². The van der Waals surface area contributed by atoms with Crippen LogP contribution in [0.3, 0.4) is 0 Å². The third-order valence-electron chi connectivity index (χ3n) is 4.34. The Morgan fingerprint density at radius 3 is 3.05 bits per heavy atom. The largest absolute Gasteiger partial charge is 0.381 e. The molecule has 4 nitrogen and oxygen atoms in total. The maximum absolute atomic E-state index is 6.17. The molecule has 1 aromatic carbocycles. The second-order valence-corrected chi connectivity index (χ2v) is 6.22. The fourth-order valence-electron chi connectivity index (χ4n) is 3.17. The van der Waals surface area contributed by atoms with Crippen molar-refractivity contribution in [1.29, 1.82) is 0 Å². The van der Waals surface area contributed by atoms with Crippen LogP contribution >= 0.6 is 11.6 Å². The molecule has 0 saturated heterocycles. The molecule has 1 aromatic heterocycles. The molecule has 0 radical (unpaired) electrons. The normalized spacial score (nSPS) is 22.2. The van der Waals surface area contributed by atoms with Crippen LogP contribution in [0.2, 0.25) is 5.02 Å². The van der Waals surface area contributed by atoms with Crippen LogP contribution < -0.4 is 5.32 Å². The first-order valence-corrected chi connectivity index (χ1v) is 8.05. The number of nitrogens with zero attached hydrogens (tertiary/aromatic N) is 3. The van der Waals surface area contributed by atoms with Crippen LogP contribution in [0.15, 0.2) is 30.9 Å². The smallest absolute Gasteiger partial charge is 0.138 e. The van der Waals surface area contributed by atoms with E-state index in [9.17, 15) is 0 Å². The third kappa shape index (κ3) is 3.38. The molecule has 0 spiro atoms. The Morgan fingerprint density at radius 2 is 2.29 bits per heavy atom. The molecule has 0 bridgehead atoms. The summed E-state index contributed by atoms with van der Waals surface area (Å²) in [6, 6.07) is 6.37. The minimum Gasteiger partial charge on any atom is -0.381 e. The summed E-state index contributed by atoms with van der Waals surface area (Å²) in [7, 11) is 0. The van der Waals surface area contributed by atoms with Crippen molar-refractivity contribution in [1.82, 2.24) is 14.8 Å². The van der Waals surface area contributed by atoms with Gasteiger partial charge in [-0.05, 0) is 37.0 Å². The monoisotopic (exact) mass is 304 g/mol. The van der Waals surface area contributed by atoms with Crippen molar-refractivity contribution in [3.63, 3.8) is 0 Å². The van der Waals surface area contributed by atoms with Crippen molar-refractivity contribution < 1.29 is 0 Å². The number of anilines is 1. The average molecular weight is 305 g/mol. The summed E-state index contributed by atoms with van der Waals surface area (Å²) in [5, 5.41) is 8.63. The number of halogens is 1. The van der Waals surface area contributed by atoms with E-state index < -0.39 is 0 Å². The summed E-state index contributed by atoms with van der Waals surface area (Å²) in [5.74, 6) is 0.838. The Bertz CT molecular complexity index is 582. The van der Waals surface area contributed by atoms with Gasteiger partial charge in [0.2, 0.25) is 0 Å². The van der Waals surface area contributed by atoms with Crippen LogP contribution in [0, 0.1) is 5.92 Å². The van der Waals surface area contributed by atoms with E-state index in [1.165, 1.54) is 32.1 Å². The Morgan fingerprint density at radius 1 is 1.38 bits per heavy atom. The molecule has 1 saturated carbocycles. The molecule has 1 N–H and O–H groups in total. The van der Waals surface area contributed by atoms with Gasteiger partial charge in [-0.15, -0.1) is 0 Å². The second kappa shape index (κ2) is 6.48. The van der Waals surface area contributed by atoms with E-state index in [1.54, 1.807) is 17.3 Å². The van der Waals surface area contributed by atoms with E-state index in [0.29, 0.717) is 6.04 Å². The van der Waals surface area contributed by atoms with E-state index in [4.69, 9.17) is 11.6 Å². The van der Waals surface area contributed by atoms with E-state index >= 15 is 0 Å². The maximum Gasteiger partial charge on any atom is 0.138 e. The van der Waals surface area contributed by atoms with Gasteiger partial charge in [-0.1, -0.05) is 37.8 Å². The van der Waals surface area contributed by atoms with Gasteiger partial charge < -0.3 is 5.32 Å². The molecule has 112 valence electrons. The summed E-state index contributed by atoms with van der Waals surface area (Å²) in [4.78, 5) is 4.03. The van der Waals surface area contributed by atoms with E-state index in [2.05, 4.69) is 22.3 Å². The first-order valence-electron chi connectivity index (χ1n) is 7.67. The lowest BCUT2D eigenvalue weighted by Gasteiger charge is -2.30. The van der Waals surface area contributed by atoms with E-state index in [1.807, 2.05) is 18.2 Å². The third-order valence-corrected chi connectivity index (χ3v) is 4.58. The van der Waals surface area contributed by atoms with Crippen molar-refractivity contribution >= 4 is 17.3 Å². The Balaban J connectivity index is 1.82. The predicted octanol–water partition coefficient (Wildman–Crippen LogP) is 4.30. The van der Waals surface area contributed by atoms with Gasteiger partial charge in [-0.2, -0.15) is 5.10 Å². The van der Waals surface area contributed by atoms with Gasteiger partial charge in [0.1, 0.15) is 12.7 Å². The van der Waals surface area contributed by atoms with Crippen LogP contribution in [0.4, 0.5) is 5.69 Å². The van der Waals surface area contributed by atoms with Crippen LogP contribution in [0.25, 0.3) is 5.69 Å². The van der Waals surface area contributed by atoms with Crippen molar-refractivity contribution in [2.45, 2.75) is 45.1 Å². The van der Waals surface area contributed by atoms with Gasteiger partial charge in [0.25, 0.3) is 0 Å². The molecule has 21 heavy (non-hydrogen) atoms. The highest BCUT2D eigenvalue weighted by Crippen LogP contribution is 2.31. The van der Waals surface area contributed by atoms with Crippen molar-refractivity contribution in [3.8, 4) is 5.69 Å². The highest BCUT2D eigenvalue weighted by Gasteiger charge is 2.21. The SMILES string of the molecule is CCC1CCCC(Nc2cc(Cl)ccc2-n2cncn2)C1. The molecule has 2 aromatic rings. The number of benzene rings is 1. The van der Waals surface area contributed by atoms with Crippen molar-refractivity contribution in [2.75, 3.05) is 5.32 Å². The number of hydrogen-bond acceptors (Lipinski definition) is 3. The highest BCUT2D eigenvalue weighted by atomic mass is 35.5. The summed E-state index contributed by atoms with van der Waals surface area (Å²) < 4.78 is 1.78. The van der Waals surface area contributed by atoms with Crippen molar-refractivity contribution in [3.05, 3.63) is 35.9 Å². The molecule has 0 aliphatic heterocycles. The molecule has 1 heterocycles. The number of nitrogens with one attached hydrogen (secondary N) is 1. The lowest BCUT2D eigenvalue weighted by Crippen LogP contribution is -2.27. The summed E-state index contributed by atoms with van der Waals surface area (Å²) in [5.41, 5.74) is 2.03. The molecule has 1 aliphatic carbocycles. The summed E-state index contributed by atoms with van der Waals surface area (Å²) in [6.07, 6.45) is 9.65. The summed E-state index contributed by atoms with van der Waals surface area (Å²) in [6.45, 7) is 2.28. The zero-order chi connectivity index (χ0) is 14.7. The van der Waals surface area contributed by atoms with Gasteiger partial charge in [-0.3, -0.25) is 0 Å². The van der Waals surface area contributed by atoms with Gasteiger partial charge in [0.15, 0.2) is 0 Å². The van der Waals surface area contributed by atoms with Gasteiger partial charge >= 0.3 is 0 Å². The molecule has 0 amide bonds. The topological polar surface area (TPSA) is 42.7 Å². The Hall–Kier alpha value is -1.55. The minimum atomic E-state index is 0.518. The molecule has 2 unspecified atom stereocenters. The fraction of sp³-hybridized carbons (Fsp3) is 0.500. The molecule has 3 rings (SSSR count). The van der Waals surface area contributed by atoms with Gasteiger partial charge in [-0.25, -0.2) is 9.67 Å². The standard InChI is InChI=1S/C16H21ClN4/c1-2-12-4-3-5-14(8-12)20-15-9-13(17)6-7-16(15)21-11-18-10-19-21/h6-7,9-12,14,20H,2-5,8H2,1H3. The number of aromatic nitrogens is 3. The lowest BCUT2D eigenvalue weighted by molar-refractivity contribution is 0.327. The molecule has 5 heteroatoms.